The molecule has 4 N–H and O–H groups in total. The molecule has 0 amide bonds. The van der Waals surface area contributed by atoms with E-state index in [1.807, 2.05) is 0 Å². The summed E-state index contributed by atoms with van der Waals surface area (Å²) < 4.78 is 57.7. The summed E-state index contributed by atoms with van der Waals surface area (Å²) in [4.78, 5) is 39.4. The van der Waals surface area contributed by atoms with Crippen LogP contribution in [-0.4, -0.2) is 112 Å². The molecular formula is C48H92O12P2. The standard InChI is InChI=1S/C48H92O12P2/c1-5-42(46-11-7-9-41(30-46)36-62(52,53)54)31-48(44-18-14-39(15-19-44)35-61(49,50)51)32-47(28-37(2)45-10-6-8-40(29-45)34-59-23-21-56-4)43-16-12-38(13-17-43)33-60-27-26-58-25-24-57-22-20-55-3/h37-48H,5-36H2,1-4H3,(H2,49,50,51)(H2,52,53,54). The van der Waals surface area contributed by atoms with Crippen LogP contribution in [0.4, 0.5) is 0 Å². The van der Waals surface area contributed by atoms with Gasteiger partial charge in [-0.3, -0.25) is 9.13 Å². The molecule has 8 unspecified atom stereocenters. The van der Waals surface area contributed by atoms with Crippen molar-refractivity contribution in [1.29, 1.82) is 0 Å². The van der Waals surface area contributed by atoms with E-state index in [1.165, 1.54) is 64.2 Å². The smallest absolute Gasteiger partial charge is 0.325 e. The fourth-order valence-electron chi connectivity index (χ4n) is 12.6. The highest BCUT2D eigenvalue weighted by Gasteiger charge is 2.39. The second kappa shape index (κ2) is 29.7. The van der Waals surface area contributed by atoms with Crippen molar-refractivity contribution in [3.05, 3.63) is 0 Å². The van der Waals surface area contributed by atoms with Crippen LogP contribution < -0.4 is 0 Å². The average Bonchev–Trinajstić information content (AvgIpc) is 3.23. The van der Waals surface area contributed by atoms with Crippen LogP contribution in [0.25, 0.3) is 0 Å². The first-order valence-corrected chi connectivity index (χ1v) is 28.7. The van der Waals surface area contributed by atoms with E-state index >= 15 is 0 Å². The van der Waals surface area contributed by atoms with Crippen molar-refractivity contribution in [2.45, 2.75) is 142 Å². The highest BCUT2D eigenvalue weighted by atomic mass is 31.2. The highest BCUT2D eigenvalue weighted by molar-refractivity contribution is 7.52. The first-order valence-electron chi connectivity index (χ1n) is 25.1. The Balaban J connectivity index is 1.45. The maximum atomic E-state index is 12.1. The van der Waals surface area contributed by atoms with Gasteiger partial charge in [-0.2, -0.15) is 0 Å². The van der Waals surface area contributed by atoms with Gasteiger partial charge >= 0.3 is 15.2 Å². The molecule has 8 atom stereocenters. The van der Waals surface area contributed by atoms with Crippen LogP contribution in [-0.2, 0) is 37.6 Å². The molecule has 4 aliphatic rings. The second-order valence-electron chi connectivity index (χ2n) is 20.6. The minimum Gasteiger partial charge on any atom is -0.382 e. The molecule has 4 fully saturated rings. The van der Waals surface area contributed by atoms with E-state index in [-0.39, 0.29) is 24.2 Å². The zero-order chi connectivity index (χ0) is 44.8. The van der Waals surface area contributed by atoms with E-state index in [9.17, 15) is 28.7 Å². The Bertz CT molecular complexity index is 1250. The molecule has 14 heteroatoms. The Morgan fingerprint density at radius 3 is 1.47 bits per heavy atom. The maximum Gasteiger partial charge on any atom is 0.325 e. The van der Waals surface area contributed by atoms with Gasteiger partial charge in [0.05, 0.1) is 65.2 Å². The van der Waals surface area contributed by atoms with Crippen LogP contribution in [0.5, 0.6) is 0 Å². The van der Waals surface area contributed by atoms with E-state index in [0.717, 1.165) is 77.4 Å². The van der Waals surface area contributed by atoms with Gasteiger partial charge in [-0.25, -0.2) is 0 Å². The SMILES string of the molecule is CCC(CC(CC(CC(C)C1CCCC(COCCOC)C1)C1CCC(COCCOCCOCCOC)CC1)C1CCC(CP(=O)(O)O)CC1)C1CCCC(CP(=O)(O)O)C1. The summed E-state index contributed by atoms with van der Waals surface area (Å²) in [7, 11) is -4.70. The van der Waals surface area contributed by atoms with Crippen molar-refractivity contribution in [2.24, 2.45) is 71.0 Å². The first-order chi connectivity index (χ1) is 29.8. The molecule has 0 spiro atoms. The molecule has 0 saturated heterocycles. The zero-order valence-electron chi connectivity index (χ0n) is 39.5. The molecule has 4 saturated carbocycles. The highest BCUT2D eigenvalue weighted by Crippen LogP contribution is 2.51. The quantitative estimate of drug-likeness (QED) is 0.0384. The third-order valence-corrected chi connectivity index (χ3v) is 17.9. The third-order valence-electron chi connectivity index (χ3n) is 16.0. The van der Waals surface area contributed by atoms with Crippen LogP contribution in [0.15, 0.2) is 0 Å². The van der Waals surface area contributed by atoms with Crippen LogP contribution in [0.3, 0.4) is 0 Å². The van der Waals surface area contributed by atoms with Crippen molar-refractivity contribution in [2.75, 3.05) is 92.6 Å². The number of hydrogen-bond acceptors (Lipinski definition) is 8. The van der Waals surface area contributed by atoms with E-state index in [1.54, 1.807) is 14.2 Å². The fourth-order valence-corrected chi connectivity index (χ4v) is 14.6. The van der Waals surface area contributed by atoms with Crippen molar-refractivity contribution in [1.82, 2.24) is 0 Å². The van der Waals surface area contributed by atoms with E-state index in [4.69, 9.17) is 28.4 Å². The topological polar surface area (TPSA) is 170 Å². The lowest BCUT2D eigenvalue weighted by Gasteiger charge is -2.43. The molecule has 366 valence electrons. The largest absolute Gasteiger partial charge is 0.382 e. The monoisotopic (exact) mass is 923 g/mol. The van der Waals surface area contributed by atoms with Crippen LogP contribution >= 0.6 is 15.2 Å². The molecule has 0 bridgehead atoms. The lowest BCUT2D eigenvalue weighted by atomic mass is 9.63. The summed E-state index contributed by atoms with van der Waals surface area (Å²) in [5.74, 6) is 6.19. The summed E-state index contributed by atoms with van der Waals surface area (Å²) in [5.41, 5.74) is 0. The van der Waals surface area contributed by atoms with Gasteiger partial charge in [0.15, 0.2) is 0 Å². The second-order valence-corrected chi connectivity index (χ2v) is 24.0. The molecule has 0 aliphatic heterocycles. The van der Waals surface area contributed by atoms with Gasteiger partial charge in [0.1, 0.15) is 0 Å². The Hall–Kier alpha value is 0.0600. The van der Waals surface area contributed by atoms with Gasteiger partial charge < -0.3 is 48.0 Å². The van der Waals surface area contributed by atoms with Gasteiger partial charge in [0, 0.05) is 27.4 Å². The van der Waals surface area contributed by atoms with E-state index in [0.29, 0.717) is 112 Å². The number of hydrogen-bond donors (Lipinski definition) is 4. The summed E-state index contributed by atoms with van der Waals surface area (Å²) in [5, 5.41) is 0. The average molecular weight is 923 g/mol. The predicted molar refractivity (Wildman–Crippen MR) is 246 cm³/mol. The van der Waals surface area contributed by atoms with Crippen molar-refractivity contribution in [3.8, 4) is 0 Å². The minimum absolute atomic E-state index is 0.00913. The van der Waals surface area contributed by atoms with Gasteiger partial charge in [-0.05, 0) is 167 Å². The van der Waals surface area contributed by atoms with Crippen LogP contribution in [0.2, 0.25) is 0 Å². The normalized spacial score (nSPS) is 29.9. The van der Waals surface area contributed by atoms with Crippen molar-refractivity contribution < 1.29 is 57.1 Å². The Morgan fingerprint density at radius 2 is 0.903 bits per heavy atom. The molecule has 0 aromatic rings. The summed E-state index contributed by atoms with van der Waals surface area (Å²) in [6.45, 7) is 11.3. The van der Waals surface area contributed by atoms with Crippen LogP contribution in [0.1, 0.15) is 142 Å². The molecule has 0 radical (unpaired) electrons. The van der Waals surface area contributed by atoms with Crippen molar-refractivity contribution in [3.63, 3.8) is 0 Å². The van der Waals surface area contributed by atoms with Gasteiger partial charge in [0.25, 0.3) is 0 Å². The lowest BCUT2D eigenvalue weighted by Crippen LogP contribution is -2.34. The molecule has 62 heavy (non-hydrogen) atoms. The Morgan fingerprint density at radius 1 is 0.468 bits per heavy atom. The third kappa shape index (κ3) is 21.8. The van der Waals surface area contributed by atoms with E-state index in [2.05, 4.69) is 13.8 Å². The molecule has 0 aromatic carbocycles. The fraction of sp³-hybridized carbons (Fsp3) is 1.00. The molecular weight excluding hydrogens is 830 g/mol. The van der Waals surface area contributed by atoms with Crippen LogP contribution in [0, 0.1) is 71.0 Å². The van der Waals surface area contributed by atoms with Gasteiger partial charge in [-0.15, -0.1) is 0 Å². The zero-order valence-corrected chi connectivity index (χ0v) is 41.3. The molecule has 4 aliphatic carbocycles. The molecule has 0 heterocycles. The van der Waals surface area contributed by atoms with Crippen molar-refractivity contribution >= 4 is 15.2 Å². The van der Waals surface area contributed by atoms with Gasteiger partial charge in [0.2, 0.25) is 0 Å². The number of methoxy groups -OCH3 is 2. The molecule has 12 nitrogen and oxygen atoms in total. The maximum absolute atomic E-state index is 12.1. The summed E-state index contributed by atoms with van der Waals surface area (Å²) in [6, 6.07) is 0. The molecule has 0 aromatic heterocycles. The first kappa shape index (κ1) is 54.7. The summed E-state index contributed by atoms with van der Waals surface area (Å²) in [6.07, 6.45) is 22.6. The number of ether oxygens (including phenoxy) is 6. The molecule has 4 rings (SSSR count). The summed E-state index contributed by atoms with van der Waals surface area (Å²) >= 11 is 0. The van der Waals surface area contributed by atoms with E-state index < -0.39 is 15.2 Å². The number of rotatable bonds is 31. The Kier molecular flexibility index (Phi) is 26.2. The lowest BCUT2D eigenvalue weighted by molar-refractivity contribution is -0.00626. The predicted octanol–water partition coefficient (Wildman–Crippen LogP) is 9.99. The Labute approximate surface area is 377 Å². The minimum atomic E-state index is -4.05. The van der Waals surface area contributed by atoms with Gasteiger partial charge in [-0.1, -0.05) is 46.0 Å².